The summed E-state index contributed by atoms with van der Waals surface area (Å²) in [6.07, 6.45) is 3.37. The van der Waals surface area contributed by atoms with Gasteiger partial charge in [0.1, 0.15) is 5.82 Å². The van der Waals surface area contributed by atoms with Crippen molar-refractivity contribution >= 4 is 5.91 Å². The zero-order valence-electron chi connectivity index (χ0n) is 13.1. The monoisotopic (exact) mass is 308 g/mol. The van der Waals surface area contributed by atoms with E-state index in [0.717, 1.165) is 25.8 Å². The maximum Gasteiger partial charge on any atom is 0.234 e. The van der Waals surface area contributed by atoms with E-state index in [0.29, 0.717) is 12.0 Å². The lowest BCUT2D eigenvalue weighted by Gasteiger charge is -2.37. The minimum absolute atomic E-state index is 0.0537. The number of benzene rings is 1. The molecule has 2 N–H and O–H groups in total. The fourth-order valence-corrected chi connectivity index (χ4v) is 3.00. The smallest absolute Gasteiger partial charge is 0.234 e. The normalized spacial score (nSPS) is 20.6. The first kappa shape index (κ1) is 16.9. The van der Waals surface area contributed by atoms with E-state index in [-0.39, 0.29) is 37.0 Å². The summed E-state index contributed by atoms with van der Waals surface area (Å²) < 4.78 is 13.5. The number of nitrogens with zero attached hydrogens (tertiary/aromatic N) is 1. The highest BCUT2D eigenvalue weighted by Gasteiger charge is 2.28. The molecule has 1 saturated heterocycles. The number of piperidine rings is 1. The summed E-state index contributed by atoms with van der Waals surface area (Å²) in [7, 11) is 0. The predicted molar refractivity (Wildman–Crippen MR) is 83.8 cm³/mol. The number of aliphatic hydroxyl groups excluding tert-OH is 1. The van der Waals surface area contributed by atoms with Crippen LogP contribution in [0.15, 0.2) is 24.3 Å². The molecule has 2 rings (SSSR count). The Bertz CT molecular complexity index is 495. The van der Waals surface area contributed by atoms with Gasteiger partial charge in [-0.25, -0.2) is 4.39 Å². The van der Waals surface area contributed by atoms with Crippen molar-refractivity contribution in [2.75, 3.05) is 13.1 Å². The summed E-state index contributed by atoms with van der Waals surface area (Å²) in [5, 5.41) is 12.8. The lowest BCUT2D eigenvalue weighted by molar-refractivity contribution is -0.124. The molecule has 122 valence electrons. The molecule has 1 fully saturated rings. The van der Waals surface area contributed by atoms with Gasteiger partial charge in [-0.1, -0.05) is 31.5 Å². The number of hydrogen-bond donors (Lipinski definition) is 2. The Balaban J connectivity index is 1.86. The van der Waals surface area contributed by atoms with Gasteiger partial charge in [-0.2, -0.15) is 0 Å². The summed E-state index contributed by atoms with van der Waals surface area (Å²) in [4.78, 5) is 14.1. The van der Waals surface area contributed by atoms with E-state index in [1.165, 1.54) is 6.07 Å². The molecule has 1 aromatic carbocycles. The SMILES string of the molecule is CCC(O)C1CCCCN1CC(=O)NCc1ccccc1F. The van der Waals surface area contributed by atoms with Crippen molar-refractivity contribution in [2.24, 2.45) is 0 Å². The van der Waals surface area contributed by atoms with Crippen LogP contribution in [0.3, 0.4) is 0 Å². The molecule has 22 heavy (non-hydrogen) atoms. The second-order valence-corrected chi connectivity index (χ2v) is 5.88. The zero-order valence-corrected chi connectivity index (χ0v) is 13.1. The minimum Gasteiger partial charge on any atom is -0.392 e. The molecule has 1 aliphatic rings. The Morgan fingerprint density at radius 1 is 1.45 bits per heavy atom. The van der Waals surface area contributed by atoms with Crippen LogP contribution in [-0.4, -0.2) is 41.1 Å². The third kappa shape index (κ3) is 4.52. The molecular formula is C17H25FN2O2. The molecule has 5 heteroatoms. The molecule has 1 amide bonds. The maximum absolute atomic E-state index is 13.5. The second-order valence-electron chi connectivity index (χ2n) is 5.88. The van der Waals surface area contributed by atoms with E-state index in [2.05, 4.69) is 5.32 Å². The summed E-state index contributed by atoms with van der Waals surface area (Å²) in [6.45, 7) is 3.24. The summed E-state index contributed by atoms with van der Waals surface area (Å²) in [5.41, 5.74) is 0.486. The van der Waals surface area contributed by atoms with Gasteiger partial charge in [-0.15, -0.1) is 0 Å². The maximum atomic E-state index is 13.5. The highest BCUT2D eigenvalue weighted by Crippen LogP contribution is 2.20. The third-order valence-electron chi connectivity index (χ3n) is 4.31. The molecule has 0 radical (unpaired) electrons. The Morgan fingerprint density at radius 3 is 2.95 bits per heavy atom. The van der Waals surface area contributed by atoms with Gasteiger partial charge in [0.25, 0.3) is 0 Å². The number of carbonyl (C=O) groups is 1. The standard InChI is InChI=1S/C17H25FN2O2/c1-2-16(21)15-9-5-6-10-20(15)12-17(22)19-11-13-7-3-4-8-14(13)18/h3-4,7-8,15-16,21H,2,5-6,9-12H2,1H3,(H,19,22). The molecule has 4 nitrogen and oxygen atoms in total. The van der Waals surface area contributed by atoms with Crippen LogP contribution in [0, 0.1) is 5.82 Å². The molecule has 1 aromatic rings. The average molecular weight is 308 g/mol. The van der Waals surface area contributed by atoms with Gasteiger partial charge in [0.05, 0.1) is 12.6 Å². The number of rotatable bonds is 6. The van der Waals surface area contributed by atoms with Crippen molar-refractivity contribution in [1.29, 1.82) is 0 Å². The van der Waals surface area contributed by atoms with Crippen LogP contribution in [-0.2, 0) is 11.3 Å². The fraction of sp³-hybridized carbons (Fsp3) is 0.588. The van der Waals surface area contributed by atoms with Crippen LogP contribution in [0.4, 0.5) is 4.39 Å². The summed E-state index contributed by atoms with van der Waals surface area (Å²) in [6, 6.07) is 6.49. The molecule has 0 saturated carbocycles. The van der Waals surface area contributed by atoms with E-state index in [1.807, 2.05) is 11.8 Å². The molecule has 0 spiro atoms. The van der Waals surface area contributed by atoms with Gasteiger partial charge in [-0.05, 0) is 31.9 Å². The average Bonchev–Trinajstić information content (AvgIpc) is 2.54. The molecule has 2 atom stereocenters. The lowest BCUT2D eigenvalue weighted by atomic mass is 9.96. The van der Waals surface area contributed by atoms with Gasteiger partial charge >= 0.3 is 0 Å². The summed E-state index contributed by atoms with van der Waals surface area (Å²) in [5.74, 6) is -0.432. The Hall–Kier alpha value is -1.46. The van der Waals surface area contributed by atoms with Gasteiger partial charge in [0.2, 0.25) is 5.91 Å². The quantitative estimate of drug-likeness (QED) is 0.846. The van der Waals surface area contributed by atoms with Crippen molar-refractivity contribution in [3.05, 3.63) is 35.6 Å². The van der Waals surface area contributed by atoms with E-state index in [4.69, 9.17) is 0 Å². The van der Waals surface area contributed by atoms with Gasteiger partial charge in [-0.3, -0.25) is 9.69 Å². The molecule has 0 bridgehead atoms. The number of hydrogen-bond acceptors (Lipinski definition) is 3. The van der Waals surface area contributed by atoms with Crippen molar-refractivity contribution in [3.8, 4) is 0 Å². The van der Waals surface area contributed by atoms with Crippen LogP contribution in [0.5, 0.6) is 0 Å². The molecule has 1 heterocycles. The number of halogens is 1. The fourth-order valence-electron chi connectivity index (χ4n) is 3.00. The molecule has 0 aromatic heterocycles. The lowest BCUT2D eigenvalue weighted by Crippen LogP contribution is -2.50. The van der Waals surface area contributed by atoms with Crippen LogP contribution in [0.2, 0.25) is 0 Å². The van der Waals surface area contributed by atoms with Gasteiger partial charge in [0.15, 0.2) is 0 Å². The first-order valence-corrected chi connectivity index (χ1v) is 8.04. The van der Waals surface area contributed by atoms with E-state index in [9.17, 15) is 14.3 Å². The van der Waals surface area contributed by atoms with Crippen molar-refractivity contribution in [1.82, 2.24) is 10.2 Å². The van der Waals surface area contributed by atoms with Crippen molar-refractivity contribution in [3.63, 3.8) is 0 Å². The molecule has 2 unspecified atom stereocenters. The molecule has 0 aliphatic carbocycles. The number of nitrogens with one attached hydrogen (secondary N) is 1. The Labute approximate surface area is 131 Å². The van der Waals surface area contributed by atoms with Gasteiger partial charge < -0.3 is 10.4 Å². The number of amides is 1. The first-order valence-electron chi connectivity index (χ1n) is 8.04. The zero-order chi connectivity index (χ0) is 15.9. The van der Waals surface area contributed by atoms with Gasteiger partial charge in [0, 0.05) is 18.2 Å². The third-order valence-corrected chi connectivity index (χ3v) is 4.31. The van der Waals surface area contributed by atoms with Crippen molar-refractivity contribution < 1.29 is 14.3 Å². The number of aliphatic hydroxyl groups is 1. The van der Waals surface area contributed by atoms with E-state index < -0.39 is 0 Å². The molecule has 1 aliphatic heterocycles. The number of likely N-dealkylation sites (tertiary alicyclic amines) is 1. The van der Waals surface area contributed by atoms with E-state index in [1.54, 1.807) is 18.2 Å². The first-order chi connectivity index (χ1) is 10.6. The highest BCUT2D eigenvalue weighted by molar-refractivity contribution is 5.78. The second kappa shape index (κ2) is 8.25. The largest absolute Gasteiger partial charge is 0.392 e. The van der Waals surface area contributed by atoms with Crippen LogP contribution in [0.25, 0.3) is 0 Å². The van der Waals surface area contributed by atoms with Crippen LogP contribution < -0.4 is 5.32 Å². The van der Waals surface area contributed by atoms with Crippen LogP contribution >= 0.6 is 0 Å². The Kier molecular flexibility index (Phi) is 6.34. The summed E-state index contributed by atoms with van der Waals surface area (Å²) >= 11 is 0. The van der Waals surface area contributed by atoms with E-state index >= 15 is 0 Å². The predicted octanol–water partition coefficient (Wildman–Crippen LogP) is 2.07. The number of carbonyl (C=O) groups excluding carboxylic acids is 1. The Morgan fingerprint density at radius 2 is 2.23 bits per heavy atom. The van der Waals surface area contributed by atoms with Crippen LogP contribution in [0.1, 0.15) is 38.2 Å². The minimum atomic E-state index is -0.389. The topological polar surface area (TPSA) is 52.6 Å². The highest BCUT2D eigenvalue weighted by atomic mass is 19.1. The molecular weight excluding hydrogens is 283 g/mol. The van der Waals surface area contributed by atoms with Crippen molar-refractivity contribution in [2.45, 2.75) is 51.3 Å².